The quantitative estimate of drug-likeness (QED) is 0.332. The second-order valence-electron chi connectivity index (χ2n) is 7.85. The number of halogens is 2. The third kappa shape index (κ3) is 5.83. The van der Waals surface area contributed by atoms with E-state index in [1.165, 1.54) is 18.4 Å². The van der Waals surface area contributed by atoms with Crippen LogP contribution in [0.25, 0.3) is 0 Å². The first-order valence-corrected chi connectivity index (χ1v) is 11.0. The summed E-state index contributed by atoms with van der Waals surface area (Å²) in [5.41, 5.74) is 1.41. The number of guanidine groups is 1. The van der Waals surface area contributed by atoms with Gasteiger partial charge in [-0.15, -0.1) is 24.0 Å². The van der Waals surface area contributed by atoms with Gasteiger partial charge in [0.05, 0.1) is 18.8 Å². The molecule has 3 unspecified atom stereocenters. The lowest BCUT2D eigenvalue weighted by molar-refractivity contribution is -0.0367. The lowest BCUT2D eigenvalue weighted by Gasteiger charge is -2.34. The molecule has 5 nitrogen and oxygen atoms in total. The molecule has 7 heteroatoms. The van der Waals surface area contributed by atoms with E-state index in [1.807, 2.05) is 7.05 Å². The summed E-state index contributed by atoms with van der Waals surface area (Å²) in [4.78, 5) is 6.91. The van der Waals surface area contributed by atoms with Gasteiger partial charge in [-0.3, -0.25) is 4.99 Å². The summed E-state index contributed by atoms with van der Waals surface area (Å²) in [5.74, 6) is 1.64. The maximum atomic E-state index is 6.09. The van der Waals surface area contributed by atoms with E-state index < -0.39 is 0 Å². The Balaban J connectivity index is 0.00000225. The van der Waals surface area contributed by atoms with E-state index in [4.69, 9.17) is 9.47 Å². The van der Waals surface area contributed by atoms with Crippen LogP contribution in [-0.4, -0.2) is 62.5 Å². The molecule has 4 rings (SSSR count). The standard InChI is InChI=1S/C21H30BrN3O2.HI/c1-23-21(24-20-13-19(20)15-4-6-16(22)7-5-15)25-10-8-17(9-11-25)27-14-18-3-2-12-26-18;/h4-7,17-20H,2-3,8-14H2,1H3,(H,23,24);1H. The highest BCUT2D eigenvalue weighted by Gasteiger charge is 2.39. The van der Waals surface area contributed by atoms with E-state index in [9.17, 15) is 0 Å². The second kappa shape index (κ2) is 10.6. The van der Waals surface area contributed by atoms with Gasteiger partial charge in [-0.05, 0) is 49.8 Å². The van der Waals surface area contributed by atoms with Gasteiger partial charge >= 0.3 is 0 Å². The molecule has 0 bridgehead atoms. The molecule has 1 saturated carbocycles. The van der Waals surface area contributed by atoms with Gasteiger partial charge in [0.1, 0.15) is 0 Å². The van der Waals surface area contributed by atoms with Gasteiger partial charge in [-0.25, -0.2) is 0 Å². The molecule has 0 amide bonds. The van der Waals surface area contributed by atoms with Crippen molar-refractivity contribution in [1.82, 2.24) is 10.2 Å². The molecule has 3 aliphatic rings. The smallest absolute Gasteiger partial charge is 0.193 e. The van der Waals surface area contributed by atoms with Gasteiger partial charge in [-0.1, -0.05) is 28.1 Å². The Hall–Kier alpha value is -0.380. The monoisotopic (exact) mass is 563 g/mol. The summed E-state index contributed by atoms with van der Waals surface area (Å²) in [6, 6.07) is 9.19. The summed E-state index contributed by atoms with van der Waals surface area (Å²) in [7, 11) is 1.89. The third-order valence-electron chi connectivity index (χ3n) is 5.90. The summed E-state index contributed by atoms with van der Waals surface area (Å²) < 4.78 is 12.9. The Morgan fingerprint density at radius 2 is 2.00 bits per heavy atom. The maximum absolute atomic E-state index is 6.09. The number of ether oxygens (including phenoxy) is 2. The van der Waals surface area contributed by atoms with Crippen molar-refractivity contribution in [3.05, 3.63) is 34.3 Å². The van der Waals surface area contributed by atoms with Gasteiger partial charge < -0.3 is 19.7 Å². The highest BCUT2D eigenvalue weighted by Crippen LogP contribution is 2.41. The normalized spacial score (nSPS) is 28.1. The first kappa shape index (κ1) is 22.3. The molecule has 3 atom stereocenters. The predicted octanol–water partition coefficient (Wildman–Crippen LogP) is 4.16. The van der Waals surface area contributed by atoms with Crippen LogP contribution >= 0.6 is 39.9 Å². The molecule has 0 aromatic heterocycles. The average molecular weight is 564 g/mol. The zero-order chi connectivity index (χ0) is 18.6. The number of hydrogen-bond acceptors (Lipinski definition) is 3. The summed E-state index contributed by atoms with van der Waals surface area (Å²) in [6.45, 7) is 3.67. The van der Waals surface area contributed by atoms with Crippen molar-refractivity contribution in [2.75, 3.05) is 33.4 Å². The summed E-state index contributed by atoms with van der Waals surface area (Å²) in [5, 5.41) is 3.67. The molecule has 0 spiro atoms. The Morgan fingerprint density at radius 1 is 1.25 bits per heavy atom. The van der Waals surface area contributed by atoms with E-state index in [2.05, 4.69) is 55.4 Å². The fraction of sp³-hybridized carbons (Fsp3) is 0.667. The predicted molar refractivity (Wildman–Crippen MR) is 127 cm³/mol. The van der Waals surface area contributed by atoms with Gasteiger partial charge in [0.2, 0.25) is 0 Å². The molecule has 1 N–H and O–H groups in total. The van der Waals surface area contributed by atoms with Crippen LogP contribution in [0.2, 0.25) is 0 Å². The second-order valence-corrected chi connectivity index (χ2v) is 8.76. The maximum Gasteiger partial charge on any atom is 0.193 e. The Bertz CT molecular complexity index is 644. The fourth-order valence-corrected chi connectivity index (χ4v) is 4.41. The minimum absolute atomic E-state index is 0. The van der Waals surface area contributed by atoms with E-state index in [1.54, 1.807) is 0 Å². The number of benzene rings is 1. The molecule has 1 aliphatic carbocycles. The lowest BCUT2D eigenvalue weighted by atomic mass is 10.1. The molecule has 2 aliphatic heterocycles. The van der Waals surface area contributed by atoms with E-state index in [0.29, 0.717) is 24.2 Å². The minimum atomic E-state index is 0. The molecular weight excluding hydrogens is 533 g/mol. The van der Waals surface area contributed by atoms with Crippen LogP contribution in [0.3, 0.4) is 0 Å². The third-order valence-corrected chi connectivity index (χ3v) is 6.43. The molecule has 2 heterocycles. The van der Waals surface area contributed by atoms with Gasteiger partial charge in [0.15, 0.2) is 5.96 Å². The van der Waals surface area contributed by atoms with E-state index in [0.717, 1.165) is 56.0 Å². The van der Waals surface area contributed by atoms with Crippen molar-refractivity contribution >= 4 is 45.9 Å². The molecule has 1 aromatic carbocycles. The Labute approximate surface area is 193 Å². The topological polar surface area (TPSA) is 46.1 Å². The number of piperidine rings is 1. The number of nitrogens with zero attached hydrogens (tertiary/aromatic N) is 2. The summed E-state index contributed by atoms with van der Waals surface area (Å²) in [6.07, 6.45) is 6.32. The molecular formula is C21H31BrIN3O2. The number of aliphatic imine (C=N–C) groups is 1. The highest BCUT2D eigenvalue weighted by atomic mass is 127. The number of rotatable bonds is 5. The van der Waals surface area contributed by atoms with Gasteiger partial charge in [0, 0.05) is 43.2 Å². The zero-order valence-electron chi connectivity index (χ0n) is 16.5. The largest absolute Gasteiger partial charge is 0.376 e. The first-order valence-electron chi connectivity index (χ1n) is 10.2. The molecule has 1 aromatic rings. The van der Waals surface area contributed by atoms with Crippen LogP contribution in [0.5, 0.6) is 0 Å². The van der Waals surface area contributed by atoms with Gasteiger partial charge in [-0.2, -0.15) is 0 Å². The first-order chi connectivity index (χ1) is 13.2. The average Bonchev–Trinajstić information content (AvgIpc) is 3.26. The van der Waals surface area contributed by atoms with Crippen LogP contribution in [-0.2, 0) is 9.47 Å². The number of hydrogen-bond donors (Lipinski definition) is 1. The van der Waals surface area contributed by atoms with Crippen LogP contribution in [0.4, 0.5) is 0 Å². The van der Waals surface area contributed by atoms with Crippen molar-refractivity contribution < 1.29 is 9.47 Å². The number of nitrogens with one attached hydrogen (secondary N) is 1. The fourth-order valence-electron chi connectivity index (χ4n) is 4.15. The van der Waals surface area contributed by atoms with Crippen molar-refractivity contribution in [2.24, 2.45) is 4.99 Å². The van der Waals surface area contributed by atoms with Crippen molar-refractivity contribution in [1.29, 1.82) is 0 Å². The lowest BCUT2D eigenvalue weighted by Crippen LogP contribution is -2.48. The molecule has 2 saturated heterocycles. The van der Waals surface area contributed by atoms with Crippen molar-refractivity contribution in [3.8, 4) is 0 Å². The van der Waals surface area contributed by atoms with Crippen LogP contribution in [0.1, 0.15) is 43.6 Å². The Kier molecular flexibility index (Phi) is 8.44. The van der Waals surface area contributed by atoms with Crippen molar-refractivity contribution in [2.45, 2.75) is 56.3 Å². The molecule has 3 fully saturated rings. The number of likely N-dealkylation sites (tertiary alicyclic amines) is 1. The van der Waals surface area contributed by atoms with Gasteiger partial charge in [0.25, 0.3) is 0 Å². The zero-order valence-corrected chi connectivity index (χ0v) is 20.4. The van der Waals surface area contributed by atoms with Crippen LogP contribution in [0, 0.1) is 0 Å². The van der Waals surface area contributed by atoms with Crippen LogP contribution in [0.15, 0.2) is 33.7 Å². The van der Waals surface area contributed by atoms with E-state index in [-0.39, 0.29) is 24.0 Å². The summed E-state index contributed by atoms with van der Waals surface area (Å²) >= 11 is 3.51. The molecule has 156 valence electrons. The molecule has 28 heavy (non-hydrogen) atoms. The molecule has 0 radical (unpaired) electrons. The van der Waals surface area contributed by atoms with E-state index >= 15 is 0 Å². The minimum Gasteiger partial charge on any atom is -0.376 e. The van der Waals surface area contributed by atoms with Crippen molar-refractivity contribution in [3.63, 3.8) is 0 Å². The highest BCUT2D eigenvalue weighted by molar-refractivity contribution is 14.0. The van der Waals surface area contributed by atoms with Crippen LogP contribution < -0.4 is 5.32 Å². The Morgan fingerprint density at radius 3 is 2.64 bits per heavy atom. The SMILES string of the molecule is CN=C(NC1CC1c1ccc(Br)cc1)N1CCC(OCC2CCCO2)CC1.I.